The maximum atomic E-state index is 11.8. The fourth-order valence-electron chi connectivity index (χ4n) is 2.76. The number of carbonyl (C=O) groups is 1. The molecule has 1 aliphatic rings. The average molecular weight is 421 g/mol. The lowest BCUT2D eigenvalue weighted by Gasteiger charge is -2.35. The van der Waals surface area contributed by atoms with Gasteiger partial charge >= 0.3 is 6.09 Å². The molecule has 0 bridgehead atoms. The minimum absolute atomic E-state index is 0.278. The molecule has 0 aliphatic carbocycles. The Morgan fingerprint density at radius 1 is 1.31 bits per heavy atom. The van der Waals surface area contributed by atoms with E-state index in [1.54, 1.807) is 11.8 Å². The molecule has 1 aliphatic heterocycles. The molecule has 1 aromatic heterocycles. The van der Waals surface area contributed by atoms with Crippen LogP contribution in [0.1, 0.15) is 6.92 Å². The molecule has 0 radical (unpaired) electrons. The predicted molar refractivity (Wildman–Crippen MR) is 105 cm³/mol. The maximum Gasteiger partial charge on any atom is 0.409 e. The predicted octanol–water partition coefficient (Wildman–Crippen LogP) is 2.84. The number of anilines is 4. The Hall–Kier alpha value is -2.55. The lowest BCUT2D eigenvalue weighted by molar-refractivity contribution is 0.105. The minimum Gasteiger partial charge on any atom is -0.450 e. The van der Waals surface area contributed by atoms with Crippen LogP contribution in [0.25, 0.3) is 0 Å². The van der Waals surface area contributed by atoms with Crippen molar-refractivity contribution in [1.82, 2.24) is 14.9 Å². The van der Waals surface area contributed by atoms with Gasteiger partial charge in [0.25, 0.3) is 0 Å². The number of nitrogen functional groups attached to an aromatic ring is 1. The highest BCUT2D eigenvalue weighted by Gasteiger charge is 2.24. The van der Waals surface area contributed by atoms with Crippen molar-refractivity contribution in [3.63, 3.8) is 0 Å². The van der Waals surface area contributed by atoms with Crippen LogP contribution >= 0.6 is 15.9 Å². The Bertz CT molecular complexity index is 780. The monoisotopic (exact) mass is 420 g/mol. The number of halogens is 1. The third kappa shape index (κ3) is 4.16. The number of rotatable bonds is 4. The zero-order valence-electron chi connectivity index (χ0n) is 14.5. The van der Waals surface area contributed by atoms with E-state index in [0.29, 0.717) is 50.1 Å². The maximum absolute atomic E-state index is 11.8. The summed E-state index contributed by atoms with van der Waals surface area (Å²) in [5, 5.41) is 3.22. The standard InChI is InChI=1S/C17H21BrN6O2/c1-2-26-17(25)24-8-6-23(7-9-24)16-14(19)15(20-11-21-16)22-13-5-3-4-12(18)10-13/h3-5,10-11H,2,6-9,19H2,1H3,(H,20,21,22). The summed E-state index contributed by atoms with van der Waals surface area (Å²) in [6.45, 7) is 4.58. The van der Waals surface area contributed by atoms with Crippen LogP contribution in [0.2, 0.25) is 0 Å². The van der Waals surface area contributed by atoms with E-state index in [-0.39, 0.29) is 6.09 Å². The van der Waals surface area contributed by atoms with Crippen molar-refractivity contribution in [2.45, 2.75) is 6.92 Å². The van der Waals surface area contributed by atoms with Crippen molar-refractivity contribution < 1.29 is 9.53 Å². The minimum atomic E-state index is -0.278. The summed E-state index contributed by atoms with van der Waals surface area (Å²) in [4.78, 5) is 24.1. The highest BCUT2D eigenvalue weighted by molar-refractivity contribution is 9.10. The largest absolute Gasteiger partial charge is 0.450 e. The highest BCUT2D eigenvalue weighted by Crippen LogP contribution is 2.29. The smallest absolute Gasteiger partial charge is 0.409 e. The quantitative estimate of drug-likeness (QED) is 0.784. The van der Waals surface area contributed by atoms with Crippen LogP contribution in [0, 0.1) is 0 Å². The summed E-state index contributed by atoms with van der Waals surface area (Å²) >= 11 is 3.44. The summed E-state index contributed by atoms with van der Waals surface area (Å²) in [6, 6.07) is 7.76. The van der Waals surface area contributed by atoms with Gasteiger partial charge in [-0.05, 0) is 25.1 Å². The first kappa shape index (κ1) is 18.2. The highest BCUT2D eigenvalue weighted by atomic mass is 79.9. The zero-order chi connectivity index (χ0) is 18.5. The van der Waals surface area contributed by atoms with E-state index in [1.165, 1.54) is 6.33 Å². The van der Waals surface area contributed by atoms with Crippen molar-refractivity contribution in [3.05, 3.63) is 35.1 Å². The van der Waals surface area contributed by atoms with E-state index in [2.05, 4.69) is 36.1 Å². The SMILES string of the molecule is CCOC(=O)N1CCN(c2ncnc(Nc3cccc(Br)c3)c2N)CC1. The topological polar surface area (TPSA) is 96.6 Å². The Labute approximate surface area is 160 Å². The number of aromatic nitrogens is 2. The van der Waals surface area contributed by atoms with Crippen LogP contribution in [0.5, 0.6) is 0 Å². The number of nitrogens with zero attached hydrogens (tertiary/aromatic N) is 4. The molecule has 1 amide bonds. The molecule has 1 saturated heterocycles. The van der Waals surface area contributed by atoms with Crippen molar-refractivity contribution >= 4 is 45.0 Å². The molecule has 0 atom stereocenters. The second kappa shape index (κ2) is 8.22. The third-order valence-corrected chi connectivity index (χ3v) is 4.55. The van der Waals surface area contributed by atoms with Crippen LogP contribution < -0.4 is 16.0 Å². The zero-order valence-corrected chi connectivity index (χ0v) is 16.1. The lowest BCUT2D eigenvalue weighted by Crippen LogP contribution is -2.49. The van der Waals surface area contributed by atoms with Crippen molar-refractivity contribution in [2.75, 3.05) is 48.7 Å². The molecule has 8 nitrogen and oxygen atoms in total. The van der Waals surface area contributed by atoms with Gasteiger partial charge in [-0.25, -0.2) is 14.8 Å². The summed E-state index contributed by atoms with van der Waals surface area (Å²) in [5.41, 5.74) is 7.66. The second-order valence-electron chi connectivity index (χ2n) is 5.77. The van der Waals surface area contributed by atoms with E-state index in [1.807, 2.05) is 24.3 Å². The van der Waals surface area contributed by atoms with Gasteiger partial charge in [0.2, 0.25) is 0 Å². The van der Waals surface area contributed by atoms with Crippen LogP contribution in [0.4, 0.5) is 27.8 Å². The first-order valence-electron chi connectivity index (χ1n) is 8.38. The number of piperazine rings is 1. The summed E-state index contributed by atoms with van der Waals surface area (Å²) in [6.07, 6.45) is 1.21. The van der Waals surface area contributed by atoms with Crippen molar-refractivity contribution in [2.24, 2.45) is 0 Å². The van der Waals surface area contributed by atoms with E-state index in [4.69, 9.17) is 10.5 Å². The number of benzene rings is 1. The molecular weight excluding hydrogens is 400 g/mol. The molecule has 138 valence electrons. The van der Waals surface area contributed by atoms with Gasteiger partial charge in [0.1, 0.15) is 12.0 Å². The number of ether oxygens (including phenoxy) is 1. The number of amides is 1. The second-order valence-corrected chi connectivity index (χ2v) is 6.68. The average Bonchev–Trinajstić information content (AvgIpc) is 2.64. The van der Waals surface area contributed by atoms with Crippen molar-refractivity contribution in [1.29, 1.82) is 0 Å². The Morgan fingerprint density at radius 2 is 2.08 bits per heavy atom. The number of hydrogen-bond acceptors (Lipinski definition) is 7. The molecule has 9 heteroatoms. The summed E-state index contributed by atoms with van der Waals surface area (Å²) < 4.78 is 6.01. The fourth-order valence-corrected chi connectivity index (χ4v) is 3.16. The molecule has 2 aromatic rings. The van der Waals surface area contributed by atoms with Crippen LogP contribution in [-0.4, -0.2) is 53.7 Å². The molecule has 1 aromatic carbocycles. The van der Waals surface area contributed by atoms with Gasteiger partial charge in [-0.2, -0.15) is 0 Å². The Kier molecular flexibility index (Phi) is 5.77. The van der Waals surface area contributed by atoms with Gasteiger partial charge in [-0.3, -0.25) is 0 Å². The van der Waals surface area contributed by atoms with E-state index in [9.17, 15) is 4.79 Å². The van der Waals surface area contributed by atoms with Gasteiger partial charge in [0.05, 0.1) is 6.61 Å². The fraction of sp³-hybridized carbons (Fsp3) is 0.353. The molecule has 1 fully saturated rings. The Morgan fingerprint density at radius 3 is 2.77 bits per heavy atom. The van der Waals surface area contributed by atoms with Gasteiger partial charge in [-0.1, -0.05) is 22.0 Å². The van der Waals surface area contributed by atoms with Crippen LogP contribution in [0.3, 0.4) is 0 Å². The summed E-state index contributed by atoms with van der Waals surface area (Å²) in [5.74, 6) is 1.22. The van der Waals surface area contributed by atoms with Gasteiger partial charge in [-0.15, -0.1) is 0 Å². The molecule has 3 N–H and O–H groups in total. The molecular formula is C17H21BrN6O2. The lowest BCUT2D eigenvalue weighted by atomic mass is 10.3. The summed E-state index contributed by atoms with van der Waals surface area (Å²) in [7, 11) is 0. The number of hydrogen-bond donors (Lipinski definition) is 2. The molecule has 2 heterocycles. The van der Waals surface area contributed by atoms with Gasteiger partial charge < -0.3 is 25.6 Å². The number of nitrogens with two attached hydrogens (primary N) is 1. The molecule has 0 unspecified atom stereocenters. The molecule has 0 spiro atoms. The van der Waals surface area contributed by atoms with E-state index in [0.717, 1.165) is 10.2 Å². The van der Waals surface area contributed by atoms with Crippen LogP contribution in [-0.2, 0) is 4.74 Å². The van der Waals surface area contributed by atoms with Gasteiger partial charge in [0, 0.05) is 36.3 Å². The van der Waals surface area contributed by atoms with E-state index < -0.39 is 0 Å². The number of carbonyl (C=O) groups excluding carboxylic acids is 1. The molecule has 26 heavy (non-hydrogen) atoms. The first-order valence-corrected chi connectivity index (χ1v) is 9.17. The third-order valence-electron chi connectivity index (χ3n) is 4.06. The van der Waals surface area contributed by atoms with Gasteiger partial charge in [0.15, 0.2) is 11.6 Å². The van der Waals surface area contributed by atoms with Crippen molar-refractivity contribution in [3.8, 4) is 0 Å². The number of nitrogens with one attached hydrogen (secondary N) is 1. The molecule has 3 rings (SSSR count). The molecule has 0 saturated carbocycles. The van der Waals surface area contributed by atoms with E-state index >= 15 is 0 Å². The Balaban J connectivity index is 1.71. The van der Waals surface area contributed by atoms with Crippen LogP contribution in [0.15, 0.2) is 35.1 Å². The first-order chi connectivity index (χ1) is 12.6. The normalized spacial score (nSPS) is 14.2.